The number of carbonyl (C=O) groups is 2. The summed E-state index contributed by atoms with van der Waals surface area (Å²) in [5, 5.41) is 3.96. The van der Waals surface area contributed by atoms with E-state index in [9.17, 15) is 9.59 Å². The van der Waals surface area contributed by atoms with Crippen LogP contribution in [0.2, 0.25) is 0 Å². The molecule has 4 rings (SSSR count). The summed E-state index contributed by atoms with van der Waals surface area (Å²) in [6.45, 7) is 0.257. The number of nitrogens with one attached hydrogen (secondary N) is 1. The summed E-state index contributed by atoms with van der Waals surface area (Å²) in [7, 11) is 1.95. The van der Waals surface area contributed by atoms with Crippen LogP contribution in [0.15, 0.2) is 48.7 Å². The van der Waals surface area contributed by atoms with E-state index in [0.717, 1.165) is 16.5 Å². The number of hydrogen-bond donors (Lipinski definition) is 1. The third kappa shape index (κ3) is 2.26. The second-order valence-corrected chi connectivity index (χ2v) is 5.60. The predicted molar refractivity (Wildman–Crippen MR) is 86.4 cm³/mol. The van der Waals surface area contributed by atoms with Crippen LogP contribution in [-0.2, 0) is 18.4 Å². The first kappa shape index (κ1) is 13.6. The van der Waals surface area contributed by atoms with Crippen molar-refractivity contribution in [2.75, 3.05) is 5.32 Å². The molecule has 0 fully saturated rings. The molecule has 1 N–H and O–H groups in total. The molecule has 0 bridgehead atoms. The molecule has 0 spiro atoms. The molecule has 23 heavy (non-hydrogen) atoms. The Morgan fingerprint density at radius 1 is 1.17 bits per heavy atom. The van der Waals surface area contributed by atoms with Gasteiger partial charge in [-0.1, -0.05) is 6.07 Å². The molecule has 0 radical (unpaired) electrons. The average Bonchev–Trinajstić information content (AvgIpc) is 3.11. The molecular formula is C18H14N2O3. The molecule has 0 aliphatic carbocycles. The zero-order chi connectivity index (χ0) is 16.0. The molecule has 114 valence electrons. The van der Waals surface area contributed by atoms with Crippen molar-refractivity contribution >= 4 is 28.5 Å². The minimum Gasteiger partial charge on any atom is -0.457 e. The van der Waals surface area contributed by atoms with E-state index in [1.54, 1.807) is 24.3 Å². The van der Waals surface area contributed by atoms with Gasteiger partial charge < -0.3 is 14.6 Å². The topological polar surface area (TPSA) is 60.3 Å². The predicted octanol–water partition coefficient (Wildman–Crippen LogP) is 3.10. The number of benzene rings is 2. The van der Waals surface area contributed by atoms with E-state index in [1.165, 1.54) is 0 Å². The number of nitrogens with zero attached hydrogens (tertiary/aromatic N) is 1. The van der Waals surface area contributed by atoms with Crippen molar-refractivity contribution in [3.63, 3.8) is 0 Å². The molecule has 0 saturated heterocycles. The summed E-state index contributed by atoms with van der Waals surface area (Å²) in [6, 6.07) is 12.8. The lowest BCUT2D eigenvalue weighted by atomic mass is 10.1. The minimum absolute atomic E-state index is 0.182. The van der Waals surface area contributed by atoms with E-state index in [0.29, 0.717) is 16.8 Å². The van der Waals surface area contributed by atoms with Crippen molar-refractivity contribution in [3.05, 3.63) is 65.4 Å². The lowest BCUT2D eigenvalue weighted by Crippen LogP contribution is -2.12. The van der Waals surface area contributed by atoms with Crippen LogP contribution in [0.3, 0.4) is 0 Å². The number of rotatable bonds is 2. The number of aromatic nitrogens is 1. The number of aryl methyl sites for hydroxylation is 1. The lowest BCUT2D eigenvalue weighted by Gasteiger charge is -2.07. The van der Waals surface area contributed by atoms with E-state index in [1.807, 2.05) is 36.0 Å². The summed E-state index contributed by atoms with van der Waals surface area (Å²) >= 11 is 0. The highest BCUT2D eigenvalue weighted by molar-refractivity contribution is 6.06. The summed E-state index contributed by atoms with van der Waals surface area (Å²) in [5.41, 5.74) is 3.61. The first-order chi connectivity index (χ1) is 11.1. The highest BCUT2D eigenvalue weighted by Crippen LogP contribution is 2.24. The number of amides is 1. The Morgan fingerprint density at radius 3 is 2.91 bits per heavy atom. The smallest absolute Gasteiger partial charge is 0.338 e. The monoisotopic (exact) mass is 306 g/mol. The maximum absolute atomic E-state index is 12.4. The molecule has 0 atom stereocenters. The van der Waals surface area contributed by atoms with Gasteiger partial charge in [-0.05, 0) is 41.8 Å². The minimum atomic E-state index is -0.313. The van der Waals surface area contributed by atoms with Gasteiger partial charge in [-0.2, -0.15) is 0 Å². The molecule has 1 aliphatic rings. The fourth-order valence-corrected chi connectivity index (χ4v) is 2.82. The number of anilines is 1. The summed E-state index contributed by atoms with van der Waals surface area (Å²) in [6.07, 6.45) is 1.96. The Hall–Kier alpha value is -3.08. The first-order valence-electron chi connectivity index (χ1n) is 7.28. The Balaban J connectivity index is 1.61. The summed E-state index contributed by atoms with van der Waals surface area (Å²) in [4.78, 5) is 23.9. The van der Waals surface area contributed by atoms with Crippen molar-refractivity contribution in [3.8, 4) is 0 Å². The molecule has 3 aromatic rings. The fourth-order valence-electron chi connectivity index (χ4n) is 2.82. The van der Waals surface area contributed by atoms with Gasteiger partial charge in [-0.15, -0.1) is 0 Å². The third-order valence-corrected chi connectivity index (χ3v) is 4.09. The molecule has 2 heterocycles. The molecule has 1 aliphatic heterocycles. The van der Waals surface area contributed by atoms with Gasteiger partial charge in [0.05, 0.1) is 5.56 Å². The van der Waals surface area contributed by atoms with E-state index in [4.69, 9.17) is 4.74 Å². The van der Waals surface area contributed by atoms with Gasteiger partial charge in [0, 0.05) is 35.6 Å². The normalized spacial score (nSPS) is 13.0. The molecular weight excluding hydrogens is 292 g/mol. The second kappa shape index (κ2) is 4.98. The van der Waals surface area contributed by atoms with Crippen LogP contribution >= 0.6 is 0 Å². The van der Waals surface area contributed by atoms with E-state index in [2.05, 4.69) is 5.32 Å². The summed E-state index contributed by atoms with van der Waals surface area (Å²) in [5.74, 6) is -0.495. The van der Waals surface area contributed by atoms with Crippen molar-refractivity contribution < 1.29 is 14.3 Å². The zero-order valence-electron chi connectivity index (χ0n) is 12.5. The zero-order valence-corrected chi connectivity index (χ0v) is 12.5. The Kier molecular flexibility index (Phi) is 2.94. The van der Waals surface area contributed by atoms with Gasteiger partial charge in [0.15, 0.2) is 0 Å². The van der Waals surface area contributed by atoms with Crippen molar-refractivity contribution in [1.82, 2.24) is 4.57 Å². The Morgan fingerprint density at radius 2 is 2.04 bits per heavy atom. The third-order valence-electron chi connectivity index (χ3n) is 4.09. The number of cyclic esters (lactones) is 1. The molecule has 0 saturated carbocycles. The molecule has 0 unspecified atom stereocenters. The molecule has 5 nitrogen and oxygen atoms in total. The SMILES string of the molecule is Cn1ccc2ccc(C(=O)Nc3ccc4c(c3)COC4=O)cc21. The second-order valence-electron chi connectivity index (χ2n) is 5.60. The van der Waals surface area contributed by atoms with Crippen LogP contribution < -0.4 is 5.32 Å². The maximum atomic E-state index is 12.4. The van der Waals surface area contributed by atoms with Crippen molar-refractivity contribution in [1.29, 1.82) is 0 Å². The molecule has 1 amide bonds. The van der Waals surface area contributed by atoms with Crippen LogP contribution in [0.5, 0.6) is 0 Å². The Labute approximate surface area is 132 Å². The van der Waals surface area contributed by atoms with Crippen LogP contribution in [0.1, 0.15) is 26.3 Å². The van der Waals surface area contributed by atoms with Crippen LogP contribution in [0.4, 0.5) is 5.69 Å². The standard InChI is InChI=1S/C18H14N2O3/c1-20-7-6-11-2-3-12(9-16(11)20)17(21)19-14-4-5-15-13(8-14)10-23-18(15)22/h2-9H,10H2,1H3,(H,19,21). The van der Waals surface area contributed by atoms with Gasteiger partial charge in [0.2, 0.25) is 0 Å². The first-order valence-corrected chi connectivity index (χ1v) is 7.28. The van der Waals surface area contributed by atoms with Crippen molar-refractivity contribution in [2.24, 2.45) is 7.05 Å². The number of ether oxygens (including phenoxy) is 1. The Bertz CT molecular complexity index is 956. The molecule has 5 heteroatoms. The fraction of sp³-hybridized carbons (Fsp3) is 0.111. The number of hydrogen-bond acceptors (Lipinski definition) is 3. The van der Waals surface area contributed by atoms with E-state index in [-0.39, 0.29) is 18.5 Å². The molecule has 1 aromatic heterocycles. The van der Waals surface area contributed by atoms with Gasteiger partial charge in [-0.3, -0.25) is 4.79 Å². The van der Waals surface area contributed by atoms with Gasteiger partial charge in [0.1, 0.15) is 6.61 Å². The van der Waals surface area contributed by atoms with Gasteiger partial charge in [-0.25, -0.2) is 4.79 Å². The number of carbonyl (C=O) groups excluding carboxylic acids is 2. The highest BCUT2D eigenvalue weighted by atomic mass is 16.5. The summed E-state index contributed by atoms with van der Waals surface area (Å²) < 4.78 is 6.94. The quantitative estimate of drug-likeness (QED) is 0.740. The van der Waals surface area contributed by atoms with Gasteiger partial charge >= 0.3 is 5.97 Å². The number of esters is 1. The maximum Gasteiger partial charge on any atom is 0.338 e. The van der Waals surface area contributed by atoms with Crippen LogP contribution in [-0.4, -0.2) is 16.4 Å². The largest absolute Gasteiger partial charge is 0.457 e. The lowest BCUT2D eigenvalue weighted by molar-refractivity contribution is 0.0535. The number of fused-ring (bicyclic) bond motifs is 2. The van der Waals surface area contributed by atoms with Crippen LogP contribution in [0.25, 0.3) is 10.9 Å². The van der Waals surface area contributed by atoms with Crippen molar-refractivity contribution in [2.45, 2.75) is 6.61 Å². The van der Waals surface area contributed by atoms with Gasteiger partial charge in [0.25, 0.3) is 5.91 Å². The highest BCUT2D eigenvalue weighted by Gasteiger charge is 2.21. The molecule has 2 aromatic carbocycles. The van der Waals surface area contributed by atoms with E-state index >= 15 is 0 Å². The average molecular weight is 306 g/mol. The van der Waals surface area contributed by atoms with Crippen LogP contribution in [0, 0.1) is 0 Å². The van der Waals surface area contributed by atoms with E-state index < -0.39 is 0 Å².